The number of amides is 2. The lowest BCUT2D eigenvalue weighted by atomic mass is 10.3. The summed E-state index contributed by atoms with van der Waals surface area (Å²) in [5, 5.41) is 0. The Morgan fingerprint density at radius 1 is 1.19 bits per heavy atom. The minimum absolute atomic E-state index is 0.252. The minimum atomic E-state index is -0.645. The third-order valence-corrected chi connectivity index (χ3v) is 1.85. The Balaban J connectivity index is 2.92. The van der Waals surface area contributed by atoms with Crippen molar-refractivity contribution in [1.82, 2.24) is 0 Å². The average Bonchev–Trinajstić information content (AvgIpc) is 2.17. The molecule has 4 nitrogen and oxygen atoms in total. The second kappa shape index (κ2) is 5.30. The number of anilines is 1. The predicted molar refractivity (Wildman–Crippen MR) is 61.2 cm³/mol. The molecule has 16 heavy (non-hydrogen) atoms. The van der Waals surface area contributed by atoms with Gasteiger partial charge in [0, 0.05) is 6.92 Å². The Morgan fingerprint density at radius 3 is 2.19 bits per heavy atom. The van der Waals surface area contributed by atoms with Crippen molar-refractivity contribution in [2.75, 3.05) is 4.90 Å². The van der Waals surface area contributed by atoms with E-state index >= 15 is 0 Å². The molecule has 0 radical (unpaired) electrons. The molecule has 0 spiro atoms. The van der Waals surface area contributed by atoms with Gasteiger partial charge < -0.3 is 4.74 Å². The Morgan fingerprint density at radius 2 is 1.75 bits per heavy atom. The van der Waals surface area contributed by atoms with Gasteiger partial charge >= 0.3 is 6.09 Å². The first-order chi connectivity index (χ1) is 7.52. The molecule has 0 aliphatic heterocycles. The van der Waals surface area contributed by atoms with Gasteiger partial charge in [0.2, 0.25) is 5.91 Å². The molecule has 1 rings (SSSR count). The second-order valence-electron chi connectivity index (χ2n) is 3.62. The predicted octanol–water partition coefficient (Wildman–Crippen LogP) is 2.58. The number of hydrogen-bond donors (Lipinski definition) is 0. The van der Waals surface area contributed by atoms with Gasteiger partial charge in [-0.05, 0) is 26.0 Å². The third kappa shape index (κ3) is 3.08. The largest absolute Gasteiger partial charge is 0.446 e. The maximum Gasteiger partial charge on any atom is 0.421 e. The molecule has 0 bridgehead atoms. The van der Waals surface area contributed by atoms with Crippen LogP contribution in [0.1, 0.15) is 20.8 Å². The maximum absolute atomic E-state index is 11.7. The molecule has 0 aromatic heterocycles. The van der Waals surface area contributed by atoms with Gasteiger partial charge in [0.25, 0.3) is 0 Å². The van der Waals surface area contributed by atoms with Crippen LogP contribution in [0.5, 0.6) is 0 Å². The van der Waals surface area contributed by atoms with E-state index in [1.54, 1.807) is 38.1 Å². The summed E-state index contributed by atoms with van der Waals surface area (Å²) in [4.78, 5) is 24.1. The van der Waals surface area contributed by atoms with Crippen molar-refractivity contribution in [3.05, 3.63) is 30.3 Å². The monoisotopic (exact) mass is 221 g/mol. The van der Waals surface area contributed by atoms with Crippen LogP contribution in [-0.2, 0) is 9.53 Å². The van der Waals surface area contributed by atoms with Crippen LogP contribution in [0.25, 0.3) is 0 Å². The van der Waals surface area contributed by atoms with Crippen LogP contribution in [-0.4, -0.2) is 18.1 Å². The molecule has 2 amide bonds. The van der Waals surface area contributed by atoms with Crippen LogP contribution in [0.2, 0.25) is 0 Å². The molecule has 0 atom stereocenters. The SMILES string of the molecule is CC(=O)N(C(=O)OC(C)C)c1ccccc1. The fraction of sp³-hybridized carbons (Fsp3) is 0.333. The molecule has 0 heterocycles. The lowest BCUT2D eigenvalue weighted by molar-refractivity contribution is -0.116. The van der Waals surface area contributed by atoms with Gasteiger partial charge in [-0.3, -0.25) is 4.79 Å². The number of benzene rings is 1. The van der Waals surface area contributed by atoms with Crippen LogP contribution in [0.4, 0.5) is 10.5 Å². The Hall–Kier alpha value is -1.84. The van der Waals surface area contributed by atoms with E-state index < -0.39 is 6.09 Å². The summed E-state index contributed by atoms with van der Waals surface area (Å²) in [5.74, 6) is -0.364. The molecule has 1 aromatic carbocycles. The standard InChI is InChI=1S/C12H15NO3/c1-9(2)16-12(15)13(10(3)14)11-7-5-4-6-8-11/h4-9H,1-3H3. The van der Waals surface area contributed by atoms with Crippen molar-refractivity contribution in [2.45, 2.75) is 26.9 Å². The van der Waals surface area contributed by atoms with Gasteiger partial charge in [-0.2, -0.15) is 0 Å². The Kier molecular flexibility index (Phi) is 4.05. The quantitative estimate of drug-likeness (QED) is 0.771. The number of hydrogen-bond acceptors (Lipinski definition) is 3. The Bertz CT molecular complexity index is 373. The van der Waals surface area contributed by atoms with Gasteiger partial charge in [-0.25, -0.2) is 9.69 Å². The summed E-state index contributed by atoms with van der Waals surface area (Å²) in [6, 6.07) is 8.70. The van der Waals surface area contributed by atoms with Crippen molar-refractivity contribution in [3.8, 4) is 0 Å². The lowest BCUT2D eigenvalue weighted by Crippen LogP contribution is -2.36. The van der Waals surface area contributed by atoms with Crippen molar-refractivity contribution < 1.29 is 14.3 Å². The molecule has 0 saturated carbocycles. The minimum Gasteiger partial charge on any atom is -0.446 e. The molecular formula is C12H15NO3. The molecule has 0 fully saturated rings. The topological polar surface area (TPSA) is 46.6 Å². The van der Waals surface area contributed by atoms with Gasteiger partial charge in [-0.15, -0.1) is 0 Å². The number of carbonyl (C=O) groups excluding carboxylic acids is 2. The summed E-state index contributed by atoms with van der Waals surface area (Å²) in [6.45, 7) is 4.80. The lowest BCUT2D eigenvalue weighted by Gasteiger charge is -2.20. The van der Waals surface area contributed by atoms with Gasteiger partial charge in [-0.1, -0.05) is 18.2 Å². The van der Waals surface area contributed by atoms with E-state index in [2.05, 4.69) is 0 Å². The first-order valence-electron chi connectivity index (χ1n) is 5.08. The molecule has 0 saturated heterocycles. The van der Waals surface area contributed by atoms with Gasteiger partial charge in [0.1, 0.15) is 0 Å². The van der Waals surface area contributed by atoms with E-state index in [4.69, 9.17) is 4.74 Å². The highest BCUT2D eigenvalue weighted by atomic mass is 16.6. The molecule has 0 unspecified atom stereocenters. The highest BCUT2D eigenvalue weighted by Gasteiger charge is 2.22. The first-order valence-corrected chi connectivity index (χ1v) is 5.08. The van der Waals surface area contributed by atoms with Crippen LogP contribution in [0.15, 0.2) is 30.3 Å². The van der Waals surface area contributed by atoms with E-state index in [1.165, 1.54) is 6.92 Å². The molecule has 1 aromatic rings. The van der Waals surface area contributed by atoms with Crippen molar-refractivity contribution in [3.63, 3.8) is 0 Å². The normalized spacial score (nSPS) is 10.0. The summed E-state index contributed by atoms with van der Waals surface area (Å²) < 4.78 is 4.99. The zero-order chi connectivity index (χ0) is 12.1. The van der Waals surface area contributed by atoms with Crippen LogP contribution in [0.3, 0.4) is 0 Å². The number of nitrogens with zero attached hydrogens (tertiary/aromatic N) is 1. The summed E-state index contributed by atoms with van der Waals surface area (Å²) >= 11 is 0. The fourth-order valence-corrected chi connectivity index (χ4v) is 1.25. The summed E-state index contributed by atoms with van der Waals surface area (Å²) in [5.41, 5.74) is 0.514. The molecular weight excluding hydrogens is 206 g/mol. The Labute approximate surface area is 94.8 Å². The van der Waals surface area contributed by atoms with E-state index in [9.17, 15) is 9.59 Å². The van der Waals surface area contributed by atoms with Crippen LogP contribution in [0, 0.1) is 0 Å². The van der Waals surface area contributed by atoms with Crippen LogP contribution >= 0.6 is 0 Å². The number of ether oxygens (including phenoxy) is 1. The first kappa shape index (κ1) is 12.2. The molecule has 0 N–H and O–H groups in total. The van der Waals surface area contributed by atoms with Crippen LogP contribution < -0.4 is 4.90 Å². The summed E-state index contributed by atoms with van der Waals surface area (Å²) in [7, 11) is 0. The maximum atomic E-state index is 11.7. The molecule has 0 aliphatic rings. The van der Waals surface area contributed by atoms with E-state index in [0.29, 0.717) is 5.69 Å². The van der Waals surface area contributed by atoms with E-state index in [-0.39, 0.29) is 12.0 Å². The highest BCUT2D eigenvalue weighted by Crippen LogP contribution is 2.15. The number of rotatable bonds is 2. The smallest absolute Gasteiger partial charge is 0.421 e. The van der Waals surface area contributed by atoms with Crippen molar-refractivity contribution >= 4 is 17.7 Å². The third-order valence-electron chi connectivity index (χ3n) is 1.85. The van der Waals surface area contributed by atoms with Gasteiger partial charge in [0.05, 0.1) is 11.8 Å². The van der Waals surface area contributed by atoms with Gasteiger partial charge in [0.15, 0.2) is 0 Å². The van der Waals surface area contributed by atoms with Crippen molar-refractivity contribution in [1.29, 1.82) is 0 Å². The average molecular weight is 221 g/mol. The number of imide groups is 1. The summed E-state index contributed by atoms with van der Waals surface area (Å²) in [6.07, 6.45) is -0.897. The van der Waals surface area contributed by atoms with Crippen molar-refractivity contribution in [2.24, 2.45) is 0 Å². The van der Waals surface area contributed by atoms with E-state index in [0.717, 1.165) is 4.90 Å². The number of carbonyl (C=O) groups is 2. The number of para-hydroxylation sites is 1. The molecule has 86 valence electrons. The fourth-order valence-electron chi connectivity index (χ4n) is 1.25. The highest BCUT2D eigenvalue weighted by molar-refractivity contribution is 6.11. The van der Waals surface area contributed by atoms with E-state index in [1.807, 2.05) is 6.07 Å². The zero-order valence-electron chi connectivity index (χ0n) is 9.64. The zero-order valence-corrected chi connectivity index (χ0v) is 9.64. The molecule has 0 aliphatic carbocycles. The second-order valence-corrected chi connectivity index (χ2v) is 3.62. The molecule has 4 heteroatoms.